The Bertz CT molecular complexity index is 821. The van der Waals surface area contributed by atoms with E-state index in [1.807, 2.05) is 0 Å². The van der Waals surface area contributed by atoms with E-state index in [4.69, 9.17) is 4.98 Å². The lowest BCUT2D eigenvalue weighted by atomic mass is 9.54. The number of piperazine rings is 1. The molecule has 0 unspecified atom stereocenters. The lowest BCUT2D eigenvalue weighted by molar-refractivity contribution is -0.0769. The molecule has 1 saturated heterocycles. The molecule has 4 bridgehead atoms. The van der Waals surface area contributed by atoms with Gasteiger partial charge in [-0.3, -0.25) is 9.80 Å². The highest BCUT2D eigenvalue weighted by atomic mass is 32.1. The van der Waals surface area contributed by atoms with Gasteiger partial charge >= 0.3 is 0 Å². The molecule has 0 radical (unpaired) electrons. The van der Waals surface area contributed by atoms with Gasteiger partial charge in [-0.25, -0.2) is 4.98 Å². The Balaban J connectivity index is 1.06. The summed E-state index contributed by atoms with van der Waals surface area (Å²) in [7, 11) is 0. The van der Waals surface area contributed by atoms with Crippen molar-refractivity contribution in [2.45, 2.75) is 51.6 Å². The van der Waals surface area contributed by atoms with Crippen LogP contribution >= 0.6 is 11.3 Å². The van der Waals surface area contributed by atoms with Gasteiger partial charge in [0.1, 0.15) is 5.01 Å². The van der Waals surface area contributed by atoms with Crippen LogP contribution in [0, 0.1) is 30.6 Å². The van der Waals surface area contributed by atoms with Crippen LogP contribution in [0.2, 0.25) is 0 Å². The van der Waals surface area contributed by atoms with Crippen LogP contribution in [0.25, 0.3) is 10.6 Å². The van der Waals surface area contributed by atoms with Crippen LogP contribution in [0.1, 0.15) is 43.4 Å². The largest absolute Gasteiger partial charge is 0.297 e. The molecule has 2 aromatic rings. The molecule has 4 saturated carbocycles. The fourth-order valence-electron chi connectivity index (χ4n) is 7.15. The summed E-state index contributed by atoms with van der Waals surface area (Å²) < 4.78 is 0. The van der Waals surface area contributed by atoms with Gasteiger partial charge in [-0.15, -0.1) is 11.3 Å². The lowest BCUT2D eigenvalue weighted by Crippen LogP contribution is -2.60. The van der Waals surface area contributed by atoms with Crippen LogP contribution in [-0.2, 0) is 6.54 Å². The number of rotatable bonds is 4. The summed E-state index contributed by atoms with van der Waals surface area (Å²) in [4.78, 5) is 10.5. The van der Waals surface area contributed by atoms with Crippen molar-refractivity contribution in [2.75, 3.05) is 26.2 Å². The summed E-state index contributed by atoms with van der Waals surface area (Å²) in [6, 6.07) is 9.67. The molecule has 4 heteroatoms. The number of benzene rings is 1. The van der Waals surface area contributed by atoms with Crippen molar-refractivity contribution in [3.63, 3.8) is 0 Å². The van der Waals surface area contributed by atoms with Crippen LogP contribution in [0.3, 0.4) is 0 Å². The van der Waals surface area contributed by atoms with Gasteiger partial charge in [0.2, 0.25) is 0 Å². The van der Waals surface area contributed by atoms with Crippen molar-refractivity contribution in [1.29, 1.82) is 0 Å². The maximum atomic E-state index is 4.94. The van der Waals surface area contributed by atoms with Crippen LogP contribution < -0.4 is 0 Å². The molecule has 154 valence electrons. The summed E-state index contributed by atoms with van der Waals surface area (Å²) in [5.41, 5.74) is 3.80. The van der Waals surface area contributed by atoms with E-state index in [0.29, 0.717) is 0 Å². The molecule has 0 spiro atoms. The predicted octanol–water partition coefficient (Wildman–Crippen LogP) is 5.06. The molecule has 5 fully saturated rings. The van der Waals surface area contributed by atoms with E-state index in [0.717, 1.165) is 41.3 Å². The van der Waals surface area contributed by atoms with E-state index < -0.39 is 0 Å². The summed E-state index contributed by atoms with van der Waals surface area (Å²) in [6.45, 7) is 8.10. The highest BCUT2D eigenvalue weighted by Gasteiger charge is 2.50. The molecule has 1 aromatic carbocycles. The number of hydrogen-bond acceptors (Lipinski definition) is 4. The first kappa shape index (κ1) is 18.5. The van der Waals surface area contributed by atoms with Crippen molar-refractivity contribution in [3.8, 4) is 10.6 Å². The molecule has 1 aromatic heterocycles. The van der Waals surface area contributed by atoms with E-state index in [1.165, 1.54) is 43.0 Å². The van der Waals surface area contributed by atoms with Crippen molar-refractivity contribution in [1.82, 2.24) is 14.8 Å². The van der Waals surface area contributed by atoms with Gasteiger partial charge in [-0.05, 0) is 62.7 Å². The van der Waals surface area contributed by atoms with Crippen LogP contribution in [-0.4, -0.2) is 47.0 Å². The highest BCUT2D eigenvalue weighted by molar-refractivity contribution is 7.13. The normalized spacial score (nSPS) is 34.7. The number of hydrogen-bond donors (Lipinski definition) is 0. The quantitative estimate of drug-likeness (QED) is 0.706. The highest BCUT2D eigenvalue weighted by Crippen LogP contribution is 2.55. The second-order valence-electron chi connectivity index (χ2n) is 10.2. The van der Waals surface area contributed by atoms with Crippen LogP contribution in [0.5, 0.6) is 0 Å². The van der Waals surface area contributed by atoms with Crippen LogP contribution in [0.4, 0.5) is 0 Å². The second kappa shape index (κ2) is 7.47. The third kappa shape index (κ3) is 3.58. The van der Waals surface area contributed by atoms with Crippen molar-refractivity contribution >= 4 is 11.3 Å². The molecule has 0 N–H and O–H groups in total. The Hall–Kier alpha value is -1.23. The monoisotopic (exact) mass is 407 g/mol. The minimum Gasteiger partial charge on any atom is -0.297 e. The predicted molar refractivity (Wildman–Crippen MR) is 120 cm³/mol. The summed E-state index contributed by atoms with van der Waals surface area (Å²) in [5, 5.41) is 3.42. The average Bonchev–Trinajstić information content (AvgIpc) is 3.17. The van der Waals surface area contributed by atoms with Gasteiger partial charge in [0.15, 0.2) is 0 Å². The molecule has 5 aliphatic rings. The van der Waals surface area contributed by atoms with E-state index >= 15 is 0 Å². The minimum atomic E-state index is 0.914. The Morgan fingerprint density at radius 1 is 0.897 bits per heavy atom. The van der Waals surface area contributed by atoms with E-state index in [-0.39, 0.29) is 0 Å². The first-order valence-corrected chi connectivity index (χ1v) is 12.6. The maximum Gasteiger partial charge on any atom is 0.123 e. The minimum absolute atomic E-state index is 0.914. The Labute approximate surface area is 179 Å². The zero-order valence-electron chi connectivity index (χ0n) is 17.6. The molecule has 4 aliphatic carbocycles. The summed E-state index contributed by atoms with van der Waals surface area (Å²) in [5.74, 6) is 4.21. The molecular weight excluding hydrogens is 374 g/mol. The van der Waals surface area contributed by atoms with Crippen molar-refractivity contribution < 1.29 is 0 Å². The van der Waals surface area contributed by atoms with E-state index in [1.54, 1.807) is 43.4 Å². The van der Waals surface area contributed by atoms with Crippen LogP contribution in [0.15, 0.2) is 29.6 Å². The van der Waals surface area contributed by atoms with Gasteiger partial charge in [0.25, 0.3) is 0 Å². The third-order valence-corrected chi connectivity index (χ3v) is 9.18. The molecular formula is C25H33N3S. The average molecular weight is 408 g/mol. The van der Waals surface area contributed by atoms with Crippen molar-refractivity contribution in [2.24, 2.45) is 23.7 Å². The number of aromatic nitrogens is 1. The van der Waals surface area contributed by atoms with Gasteiger partial charge in [-0.2, -0.15) is 0 Å². The van der Waals surface area contributed by atoms with Gasteiger partial charge in [-0.1, -0.05) is 29.8 Å². The number of aryl methyl sites for hydroxylation is 1. The lowest BCUT2D eigenvalue weighted by Gasteiger charge is -2.58. The Morgan fingerprint density at radius 2 is 1.55 bits per heavy atom. The fourth-order valence-corrected chi connectivity index (χ4v) is 7.97. The molecule has 0 atom stereocenters. The molecule has 2 heterocycles. The molecule has 7 rings (SSSR count). The summed E-state index contributed by atoms with van der Waals surface area (Å²) in [6.07, 6.45) is 7.72. The second-order valence-corrected chi connectivity index (χ2v) is 11.1. The van der Waals surface area contributed by atoms with Crippen molar-refractivity contribution in [3.05, 3.63) is 40.9 Å². The van der Waals surface area contributed by atoms with E-state index in [2.05, 4.69) is 46.4 Å². The zero-order valence-corrected chi connectivity index (χ0v) is 18.4. The Morgan fingerprint density at radius 3 is 2.21 bits per heavy atom. The maximum absolute atomic E-state index is 4.94. The number of nitrogens with zero attached hydrogens (tertiary/aromatic N) is 3. The van der Waals surface area contributed by atoms with Gasteiger partial charge in [0, 0.05) is 49.7 Å². The summed E-state index contributed by atoms with van der Waals surface area (Å²) >= 11 is 1.79. The van der Waals surface area contributed by atoms with Gasteiger partial charge < -0.3 is 0 Å². The molecule has 3 nitrogen and oxygen atoms in total. The number of thiazole rings is 1. The fraction of sp³-hybridized carbons (Fsp3) is 0.640. The molecule has 29 heavy (non-hydrogen) atoms. The molecule has 0 amide bonds. The zero-order chi connectivity index (χ0) is 19.4. The molecule has 1 aliphatic heterocycles. The van der Waals surface area contributed by atoms with E-state index in [9.17, 15) is 0 Å². The first-order valence-electron chi connectivity index (χ1n) is 11.7. The Kier molecular flexibility index (Phi) is 4.78. The standard InChI is InChI=1S/C25H33N3S/c1-17-2-4-20(5-3-17)25-26-23(16-29-25)15-27-6-8-28(9-7-27)24-21-11-18-10-19(13-21)14-22(24)12-18/h2-5,16,18-19,21-22,24H,6-15H2,1H3. The van der Waals surface area contributed by atoms with Gasteiger partial charge in [0.05, 0.1) is 5.69 Å². The smallest absolute Gasteiger partial charge is 0.123 e. The third-order valence-electron chi connectivity index (χ3n) is 8.24. The SMILES string of the molecule is Cc1ccc(-c2nc(CN3CCN(C4C5CC6CC(C5)CC4C6)CC3)cs2)cc1. The first-order chi connectivity index (χ1) is 14.2. The topological polar surface area (TPSA) is 19.4 Å².